The van der Waals surface area contributed by atoms with Gasteiger partial charge in [0.1, 0.15) is 5.65 Å². The van der Waals surface area contributed by atoms with Gasteiger partial charge in [0.25, 0.3) is 0 Å². The highest BCUT2D eigenvalue weighted by Crippen LogP contribution is 2.31. The normalized spacial score (nSPS) is 11.2. The molecule has 5 heteroatoms. The minimum atomic E-state index is 0.511. The summed E-state index contributed by atoms with van der Waals surface area (Å²) in [6.45, 7) is 4.23. The zero-order valence-electron chi connectivity index (χ0n) is 13.9. The highest BCUT2D eigenvalue weighted by molar-refractivity contribution is 7.71. The van der Waals surface area contributed by atoms with E-state index >= 15 is 0 Å². The van der Waals surface area contributed by atoms with Crippen molar-refractivity contribution >= 4 is 29.5 Å². The Hall–Kier alpha value is -2.43. The molecule has 0 bridgehead atoms. The third-order valence-corrected chi connectivity index (χ3v) is 5.13. The van der Waals surface area contributed by atoms with Gasteiger partial charge >= 0.3 is 0 Å². The minimum absolute atomic E-state index is 0.511. The third kappa shape index (κ3) is 2.77. The van der Waals surface area contributed by atoms with Crippen LogP contribution in [0.3, 0.4) is 0 Å². The Morgan fingerprint density at radius 3 is 2.60 bits per heavy atom. The fourth-order valence-electron chi connectivity index (χ4n) is 2.94. The van der Waals surface area contributed by atoms with E-state index < -0.39 is 0 Å². The van der Waals surface area contributed by atoms with Crippen LogP contribution >= 0.6 is 23.8 Å². The smallest absolute Gasteiger partial charge is 0.205 e. The molecule has 0 amide bonds. The van der Waals surface area contributed by atoms with Gasteiger partial charge in [-0.15, -0.1) is 0 Å². The van der Waals surface area contributed by atoms with Crippen LogP contribution in [-0.4, -0.2) is 14.4 Å². The van der Waals surface area contributed by atoms with E-state index in [2.05, 4.69) is 42.0 Å². The molecule has 0 atom stereocenters. The van der Waals surface area contributed by atoms with Crippen LogP contribution in [0.2, 0.25) is 5.02 Å². The van der Waals surface area contributed by atoms with Crippen LogP contribution in [0, 0.1) is 18.6 Å². The first-order valence-electron chi connectivity index (χ1n) is 7.97. The van der Waals surface area contributed by atoms with Crippen molar-refractivity contribution in [1.82, 2.24) is 14.4 Å². The van der Waals surface area contributed by atoms with Gasteiger partial charge in [-0.05, 0) is 54.9 Å². The zero-order chi connectivity index (χ0) is 17.6. The maximum Gasteiger partial charge on any atom is 0.205 e. The van der Waals surface area contributed by atoms with Crippen molar-refractivity contribution in [3.05, 3.63) is 75.8 Å². The van der Waals surface area contributed by atoms with E-state index in [-0.39, 0.29) is 0 Å². The monoisotopic (exact) mass is 365 g/mol. The highest BCUT2D eigenvalue weighted by Gasteiger charge is 2.12. The van der Waals surface area contributed by atoms with E-state index in [0.29, 0.717) is 9.79 Å². The number of fused-ring (bicyclic) bond motifs is 1. The van der Waals surface area contributed by atoms with Gasteiger partial charge in [-0.2, -0.15) is 0 Å². The molecule has 0 radical (unpaired) electrons. The van der Waals surface area contributed by atoms with Crippen molar-refractivity contribution in [3.63, 3.8) is 0 Å². The molecule has 3 nitrogen and oxygen atoms in total. The maximum atomic E-state index is 6.38. The van der Waals surface area contributed by atoms with Crippen LogP contribution in [0.15, 0.2) is 54.9 Å². The summed E-state index contributed by atoms with van der Waals surface area (Å²) in [5, 5.41) is 0.686. The Morgan fingerprint density at radius 2 is 1.84 bits per heavy atom. The molecule has 0 saturated carbocycles. The Balaban J connectivity index is 1.98. The molecule has 1 N–H and O–H groups in total. The lowest BCUT2D eigenvalue weighted by Gasteiger charge is -2.06. The van der Waals surface area contributed by atoms with Gasteiger partial charge in [0.05, 0.1) is 5.69 Å². The lowest BCUT2D eigenvalue weighted by Crippen LogP contribution is -1.93. The summed E-state index contributed by atoms with van der Waals surface area (Å²) >= 11 is 11.8. The number of nitrogens with one attached hydrogen (secondary N) is 1. The van der Waals surface area contributed by atoms with Crippen LogP contribution in [0.25, 0.3) is 28.0 Å². The number of halogens is 1. The number of H-pyrrole nitrogens is 1. The molecule has 2 heterocycles. The molecule has 0 fully saturated rings. The van der Waals surface area contributed by atoms with E-state index in [1.165, 1.54) is 11.1 Å². The van der Waals surface area contributed by atoms with E-state index in [4.69, 9.17) is 23.8 Å². The summed E-state index contributed by atoms with van der Waals surface area (Å²) < 4.78 is 2.41. The first kappa shape index (κ1) is 16.1. The summed E-state index contributed by atoms with van der Waals surface area (Å²) in [5.74, 6) is 0. The molecule has 0 spiro atoms. The van der Waals surface area contributed by atoms with Crippen LogP contribution in [0.4, 0.5) is 0 Å². The molecule has 4 rings (SSSR count). The number of benzene rings is 2. The number of aromatic amines is 1. The molecular formula is C20H16ClN3S. The minimum Gasteiger partial charge on any atom is -0.339 e. The average Bonchev–Trinajstić information content (AvgIpc) is 3.05. The number of hydrogen-bond donors (Lipinski definition) is 1. The Labute approximate surface area is 155 Å². The molecule has 4 aromatic rings. The maximum absolute atomic E-state index is 6.38. The molecule has 0 unspecified atom stereocenters. The molecule has 124 valence electrons. The van der Waals surface area contributed by atoms with E-state index in [9.17, 15) is 0 Å². The molecule has 0 aliphatic carbocycles. The number of rotatable bonds is 2. The average molecular weight is 366 g/mol. The quantitative estimate of drug-likeness (QED) is 0.442. The van der Waals surface area contributed by atoms with E-state index in [0.717, 1.165) is 28.0 Å². The zero-order valence-corrected chi connectivity index (χ0v) is 15.4. The van der Waals surface area contributed by atoms with Gasteiger partial charge in [-0.1, -0.05) is 41.9 Å². The summed E-state index contributed by atoms with van der Waals surface area (Å²) in [7, 11) is 0. The molecule has 0 aliphatic rings. The summed E-state index contributed by atoms with van der Waals surface area (Å²) in [4.78, 5) is 7.85. The van der Waals surface area contributed by atoms with Gasteiger partial charge in [0, 0.05) is 28.5 Å². The van der Waals surface area contributed by atoms with Gasteiger partial charge in [0.15, 0.2) is 0 Å². The number of aromatic nitrogens is 3. The van der Waals surface area contributed by atoms with Crippen molar-refractivity contribution in [2.45, 2.75) is 13.8 Å². The molecule has 0 aliphatic heterocycles. The number of nitrogens with zero attached hydrogens (tertiary/aromatic N) is 2. The SMILES string of the molecule is Cc1ccc(-c2cn3c(=S)ncc(-c4ccccc4Cl)c3[nH]2)cc1C. The molecule has 2 aromatic heterocycles. The van der Waals surface area contributed by atoms with Crippen molar-refractivity contribution in [1.29, 1.82) is 0 Å². The van der Waals surface area contributed by atoms with Crippen molar-refractivity contribution in [2.24, 2.45) is 0 Å². The highest BCUT2D eigenvalue weighted by atomic mass is 35.5. The number of imidazole rings is 1. The molecule has 2 aromatic carbocycles. The fourth-order valence-corrected chi connectivity index (χ4v) is 3.37. The van der Waals surface area contributed by atoms with E-state index in [1.54, 1.807) is 6.20 Å². The predicted octanol–water partition coefficient (Wildman–Crippen LogP) is 6.00. The summed E-state index contributed by atoms with van der Waals surface area (Å²) in [5.41, 5.74) is 7.38. The molecule has 0 saturated heterocycles. The summed E-state index contributed by atoms with van der Waals surface area (Å²) in [6.07, 6.45) is 3.77. The largest absolute Gasteiger partial charge is 0.339 e. The van der Waals surface area contributed by atoms with Crippen LogP contribution in [-0.2, 0) is 0 Å². The first-order valence-corrected chi connectivity index (χ1v) is 8.76. The Bertz CT molecular complexity index is 1160. The second-order valence-corrected chi connectivity index (χ2v) is 6.89. The molecular weight excluding hydrogens is 350 g/mol. The lowest BCUT2D eigenvalue weighted by molar-refractivity contribution is 1.06. The third-order valence-electron chi connectivity index (χ3n) is 4.50. The van der Waals surface area contributed by atoms with Crippen molar-refractivity contribution in [3.8, 4) is 22.4 Å². The van der Waals surface area contributed by atoms with Crippen LogP contribution in [0.5, 0.6) is 0 Å². The van der Waals surface area contributed by atoms with E-state index in [1.807, 2.05) is 34.9 Å². The summed E-state index contributed by atoms with van der Waals surface area (Å²) in [6, 6.07) is 14.2. The van der Waals surface area contributed by atoms with Gasteiger partial charge < -0.3 is 4.98 Å². The number of aryl methyl sites for hydroxylation is 2. The number of hydrogen-bond acceptors (Lipinski definition) is 2. The van der Waals surface area contributed by atoms with Crippen molar-refractivity contribution in [2.75, 3.05) is 0 Å². The Morgan fingerprint density at radius 1 is 1.04 bits per heavy atom. The standard InChI is InChI=1S/C20H16ClN3S/c1-12-7-8-14(9-13(12)2)18-11-24-19(23-18)16(10-22-20(24)25)15-5-3-4-6-17(15)21/h3-11,23H,1-2H3. The predicted molar refractivity (Wildman–Crippen MR) is 106 cm³/mol. The van der Waals surface area contributed by atoms with Gasteiger partial charge in [0.2, 0.25) is 4.77 Å². The fraction of sp³-hybridized carbons (Fsp3) is 0.100. The second-order valence-electron chi connectivity index (χ2n) is 6.12. The Kier molecular flexibility index (Phi) is 3.94. The van der Waals surface area contributed by atoms with Gasteiger partial charge in [-0.25, -0.2) is 4.98 Å². The lowest BCUT2D eigenvalue weighted by atomic mass is 10.0. The van der Waals surface area contributed by atoms with Crippen molar-refractivity contribution < 1.29 is 0 Å². The van der Waals surface area contributed by atoms with Gasteiger partial charge in [-0.3, -0.25) is 4.40 Å². The molecule has 25 heavy (non-hydrogen) atoms. The second kappa shape index (κ2) is 6.14. The van der Waals surface area contributed by atoms with Crippen LogP contribution < -0.4 is 0 Å². The first-order chi connectivity index (χ1) is 12.0. The topological polar surface area (TPSA) is 33.1 Å². The van der Waals surface area contributed by atoms with Crippen LogP contribution in [0.1, 0.15) is 11.1 Å².